The Hall–Kier alpha value is -2.31. The molecule has 6 heteroatoms. The van der Waals surface area contributed by atoms with Crippen molar-refractivity contribution in [2.45, 2.75) is 39.2 Å². The molecule has 0 aliphatic heterocycles. The average Bonchev–Trinajstić information content (AvgIpc) is 3.40. The summed E-state index contributed by atoms with van der Waals surface area (Å²) in [5.74, 6) is 0. The molecular weight excluding hydrogens is 374 g/mol. The molecule has 0 spiro atoms. The van der Waals surface area contributed by atoms with Crippen LogP contribution in [-0.2, 0) is 25.8 Å². The molecule has 27 heavy (non-hydrogen) atoms. The van der Waals surface area contributed by atoms with Gasteiger partial charge >= 0.3 is 0 Å². The molecule has 0 atom stereocenters. The van der Waals surface area contributed by atoms with E-state index in [2.05, 4.69) is 36.2 Å². The molecular formula is C21H19N3OS2. The van der Waals surface area contributed by atoms with E-state index in [1.807, 2.05) is 5.38 Å². The lowest BCUT2D eigenvalue weighted by Crippen LogP contribution is -2.21. The summed E-state index contributed by atoms with van der Waals surface area (Å²) in [5.41, 5.74) is 4.66. The van der Waals surface area contributed by atoms with Crippen molar-refractivity contribution in [1.82, 2.24) is 14.5 Å². The molecule has 136 valence electrons. The van der Waals surface area contributed by atoms with Crippen LogP contribution in [0.3, 0.4) is 0 Å². The fourth-order valence-corrected chi connectivity index (χ4v) is 5.74. The second-order valence-electron chi connectivity index (χ2n) is 6.91. The Bertz CT molecular complexity index is 1180. The number of hydrogen-bond acceptors (Lipinski definition) is 5. The highest BCUT2D eigenvalue weighted by atomic mass is 32.1. The third-order valence-corrected chi connectivity index (χ3v) is 7.33. The normalized spacial score (nSPS) is 13.4. The highest BCUT2D eigenvalue weighted by Crippen LogP contribution is 2.34. The van der Waals surface area contributed by atoms with Crippen molar-refractivity contribution in [3.63, 3.8) is 0 Å². The summed E-state index contributed by atoms with van der Waals surface area (Å²) in [5, 5.41) is 3.87. The van der Waals surface area contributed by atoms with Gasteiger partial charge in [-0.25, -0.2) is 9.97 Å². The minimum absolute atomic E-state index is 0.0706. The van der Waals surface area contributed by atoms with E-state index < -0.39 is 0 Å². The van der Waals surface area contributed by atoms with Crippen LogP contribution >= 0.6 is 22.7 Å². The Morgan fingerprint density at radius 3 is 2.85 bits per heavy atom. The molecule has 5 rings (SSSR count). The smallest absolute Gasteiger partial charge is 0.262 e. The van der Waals surface area contributed by atoms with E-state index in [0.717, 1.165) is 52.2 Å². The van der Waals surface area contributed by atoms with E-state index >= 15 is 0 Å². The summed E-state index contributed by atoms with van der Waals surface area (Å²) in [6.07, 6.45) is 5.95. The lowest BCUT2D eigenvalue weighted by Gasteiger charge is -2.03. The molecule has 3 aromatic heterocycles. The number of fused-ring (bicyclic) bond motifs is 3. The Kier molecular flexibility index (Phi) is 4.17. The Labute approximate surface area is 165 Å². The number of aromatic nitrogens is 3. The second kappa shape index (κ2) is 6.69. The zero-order valence-electron chi connectivity index (χ0n) is 15.1. The van der Waals surface area contributed by atoms with Crippen LogP contribution in [-0.4, -0.2) is 14.5 Å². The zero-order chi connectivity index (χ0) is 18.4. The molecule has 1 aromatic carbocycles. The van der Waals surface area contributed by atoms with Crippen molar-refractivity contribution < 1.29 is 0 Å². The lowest BCUT2D eigenvalue weighted by molar-refractivity contribution is 0.734. The SMILES string of the molecule is CCc1ccc(-c2nc(Cn3cnc4sc5c(c4c3=O)CCC5)cs2)cc1. The maximum Gasteiger partial charge on any atom is 0.262 e. The fourth-order valence-electron chi connectivity index (χ4n) is 3.70. The van der Waals surface area contributed by atoms with Gasteiger partial charge in [-0.15, -0.1) is 22.7 Å². The fraction of sp³-hybridized carbons (Fsp3) is 0.286. The number of rotatable bonds is 4. The summed E-state index contributed by atoms with van der Waals surface area (Å²) in [6, 6.07) is 8.54. The number of thiazole rings is 1. The van der Waals surface area contributed by atoms with E-state index in [1.54, 1.807) is 33.6 Å². The number of nitrogens with zero attached hydrogens (tertiary/aromatic N) is 3. The lowest BCUT2D eigenvalue weighted by atomic mass is 10.1. The third kappa shape index (κ3) is 2.93. The van der Waals surface area contributed by atoms with Gasteiger partial charge in [0.15, 0.2) is 0 Å². The van der Waals surface area contributed by atoms with Crippen molar-refractivity contribution >= 4 is 32.9 Å². The van der Waals surface area contributed by atoms with Gasteiger partial charge in [-0.3, -0.25) is 9.36 Å². The first kappa shape index (κ1) is 16.8. The van der Waals surface area contributed by atoms with Crippen molar-refractivity contribution in [1.29, 1.82) is 0 Å². The van der Waals surface area contributed by atoms with E-state index in [1.165, 1.54) is 16.0 Å². The van der Waals surface area contributed by atoms with E-state index in [4.69, 9.17) is 4.98 Å². The molecule has 0 N–H and O–H groups in total. The number of thiophene rings is 1. The summed E-state index contributed by atoms with van der Waals surface area (Å²) >= 11 is 3.30. The molecule has 4 nitrogen and oxygen atoms in total. The van der Waals surface area contributed by atoms with Crippen LogP contribution in [0, 0.1) is 0 Å². The summed E-state index contributed by atoms with van der Waals surface area (Å²) in [7, 11) is 0. The monoisotopic (exact) mass is 393 g/mol. The largest absolute Gasteiger partial charge is 0.293 e. The van der Waals surface area contributed by atoms with Gasteiger partial charge in [0.05, 0.1) is 24.0 Å². The van der Waals surface area contributed by atoms with Crippen LogP contribution in [0.4, 0.5) is 0 Å². The standard InChI is InChI=1S/C21H19N3OS2/c1-2-13-6-8-14(9-7-13)19-23-15(11-26-19)10-24-12-22-20-18(21(24)25)16-4-3-5-17(16)27-20/h6-9,11-12H,2-5,10H2,1H3. The van der Waals surface area contributed by atoms with Gasteiger partial charge in [0.1, 0.15) is 9.84 Å². The van der Waals surface area contributed by atoms with Gasteiger partial charge in [0.25, 0.3) is 5.56 Å². The summed E-state index contributed by atoms with van der Waals surface area (Å²) in [4.78, 5) is 24.5. The van der Waals surface area contributed by atoms with Gasteiger partial charge in [-0.05, 0) is 36.8 Å². The maximum absolute atomic E-state index is 13.0. The molecule has 0 saturated heterocycles. The first-order valence-corrected chi connectivity index (χ1v) is 11.0. The zero-order valence-corrected chi connectivity index (χ0v) is 16.7. The van der Waals surface area contributed by atoms with Gasteiger partial charge in [-0.1, -0.05) is 31.2 Å². The van der Waals surface area contributed by atoms with Crippen LogP contribution in [0.15, 0.2) is 40.8 Å². The molecule has 1 aliphatic carbocycles. The Morgan fingerprint density at radius 2 is 2.04 bits per heavy atom. The summed E-state index contributed by atoms with van der Waals surface area (Å²) in [6.45, 7) is 2.62. The molecule has 0 radical (unpaired) electrons. The van der Waals surface area contributed by atoms with Gasteiger partial charge in [0, 0.05) is 15.8 Å². The molecule has 0 unspecified atom stereocenters. The number of hydrogen-bond donors (Lipinski definition) is 0. The summed E-state index contributed by atoms with van der Waals surface area (Å²) < 4.78 is 1.70. The van der Waals surface area contributed by atoms with Crippen molar-refractivity contribution in [2.75, 3.05) is 0 Å². The minimum Gasteiger partial charge on any atom is -0.293 e. The number of aryl methyl sites for hydroxylation is 3. The van der Waals surface area contributed by atoms with Crippen LogP contribution < -0.4 is 5.56 Å². The maximum atomic E-state index is 13.0. The molecule has 0 bridgehead atoms. The third-order valence-electron chi connectivity index (χ3n) is 5.19. The van der Waals surface area contributed by atoms with Gasteiger partial charge in [-0.2, -0.15) is 0 Å². The molecule has 1 aliphatic rings. The molecule has 0 amide bonds. The quantitative estimate of drug-likeness (QED) is 0.506. The first-order valence-electron chi connectivity index (χ1n) is 9.26. The number of benzene rings is 1. The van der Waals surface area contributed by atoms with Crippen molar-refractivity contribution in [2.24, 2.45) is 0 Å². The average molecular weight is 394 g/mol. The molecule has 3 heterocycles. The highest BCUT2D eigenvalue weighted by Gasteiger charge is 2.21. The Balaban J connectivity index is 1.46. The first-order chi connectivity index (χ1) is 13.2. The topological polar surface area (TPSA) is 47.8 Å². The molecule has 4 aromatic rings. The predicted octanol–water partition coefficient (Wildman–Crippen LogP) is 4.68. The highest BCUT2D eigenvalue weighted by molar-refractivity contribution is 7.18. The van der Waals surface area contributed by atoms with E-state index in [9.17, 15) is 4.79 Å². The van der Waals surface area contributed by atoms with E-state index in [0.29, 0.717) is 6.54 Å². The van der Waals surface area contributed by atoms with Crippen LogP contribution in [0.1, 0.15) is 35.0 Å². The molecule has 0 saturated carbocycles. The van der Waals surface area contributed by atoms with Crippen molar-refractivity contribution in [3.05, 3.63) is 68.0 Å². The Morgan fingerprint density at radius 1 is 1.19 bits per heavy atom. The van der Waals surface area contributed by atoms with Crippen LogP contribution in [0.5, 0.6) is 0 Å². The van der Waals surface area contributed by atoms with E-state index in [-0.39, 0.29) is 5.56 Å². The van der Waals surface area contributed by atoms with Gasteiger partial charge < -0.3 is 0 Å². The minimum atomic E-state index is 0.0706. The predicted molar refractivity (Wildman–Crippen MR) is 112 cm³/mol. The second-order valence-corrected chi connectivity index (χ2v) is 8.85. The van der Waals surface area contributed by atoms with Gasteiger partial charge in [0.2, 0.25) is 0 Å². The van der Waals surface area contributed by atoms with Crippen LogP contribution in [0.2, 0.25) is 0 Å². The molecule has 0 fully saturated rings. The van der Waals surface area contributed by atoms with Crippen molar-refractivity contribution in [3.8, 4) is 10.6 Å². The van der Waals surface area contributed by atoms with Crippen LogP contribution in [0.25, 0.3) is 20.8 Å².